The van der Waals surface area contributed by atoms with Crippen molar-refractivity contribution < 1.29 is 9.21 Å². The molecule has 23 heavy (non-hydrogen) atoms. The fourth-order valence-electron chi connectivity index (χ4n) is 2.84. The number of anilines is 1. The van der Waals surface area contributed by atoms with Gasteiger partial charge in [0.25, 0.3) is 5.91 Å². The van der Waals surface area contributed by atoms with Crippen molar-refractivity contribution in [2.75, 3.05) is 31.1 Å². The minimum atomic E-state index is -0.0556. The molecule has 0 saturated carbocycles. The van der Waals surface area contributed by atoms with Crippen LogP contribution in [0.15, 0.2) is 53.1 Å². The number of para-hydroxylation sites is 1. The SMILES string of the molecule is O=C(c1cc2ccccc2o1)N1CCN(c2cccnn2)CC1. The van der Waals surface area contributed by atoms with E-state index in [0.717, 1.165) is 29.9 Å². The van der Waals surface area contributed by atoms with Gasteiger partial charge < -0.3 is 14.2 Å². The molecule has 1 aromatic carbocycles. The number of nitrogens with zero attached hydrogens (tertiary/aromatic N) is 4. The second-order valence-electron chi connectivity index (χ2n) is 5.51. The predicted molar refractivity (Wildman–Crippen MR) is 86.4 cm³/mol. The Hall–Kier alpha value is -2.89. The number of carbonyl (C=O) groups excluding carboxylic acids is 1. The van der Waals surface area contributed by atoms with Gasteiger partial charge in [-0.25, -0.2) is 0 Å². The summed E-state index contributed by atoms with van der Waals surface area (Å²) in [4.78, 5) is 16.6. The second-order valence-corrected chi connectivity index (χ2v) is 5.51. The van der Waals surface area contributed by atoms with Crippen molar-refractivity contribution >= 4 is 22.7 Å². The maximum Gasteiger partial charge on any atom is 0.289 e. The number of carbonyl (C=O) groups is 1. The average Bonchev–Trinajstić information content (AvgIpc) is 3.06. The first-order valence-electron chi connectivity index (χ1n) is 7.62. The van der Waals surface area contributed by atoms with Gasteiger partial charge in [0.15, 0.2) is 11.6 Å². The van der Waals surface area contributed by atoms with Gasteiger partial charge in [0.1, 0.15) is 5.58 Å². The Morgan fingerprint density at radius 3 is 2.61 bits per heavy atom. The van der Waals surface area contributed by atoms with E-state index in [4.69, 9.17) is 4.42 Å². The summed E-state index contributed by atoms with van der Waals surface area (Å²) < 4.78 is 5.67. The van der Waals surface area contributed by atoms with Crippen molar-refractivity contribution in [3.63, 3.8) is 0 Å². The molecule has 2 aromatic heterocycles. The molecule has 0 N–H and O–H groups in total. The van der Waals surface area contributed by atoms with E-state index in [-0.39, 0.29) is 5.91 Å². The molecular weight excluding hydrogens is 292 g/mol. The Kier molecular flexibility index (Phi) is 3.42. The van der Waals surface area contributed by atoms with Crippen LogP contribution in [0, 0.1) is 0 Å². The lowest BCUT2D eigenvalue weighted by molar-refractivity contribution is 0.0717. The van der Waals surface area contributed by atoms with Crippen LogP contribution in [0.1, 0.15) is 10.6 Å². The van der Waals surface area contributed by atoms with Gasteiger partial charge in [-0.3, -0.25) is 4.79 Å². The van der Waals surface area contributed by atoms with Gasteiger partial charge in [-0.2, -0.15) is 5.10 Å². The van der Waals surface area contributed by atoms with Gasteiger partial charge in [0, 0.05) is 37.8 Å². The van der Waals surface area contributed by atoms with Crippen LogP contribution in [-0.4, -0.2) is 47.2 Å². The fourth-order valence-corrected chi connectivity index (χ4v) is 2.84. The number of benzene rings is 1. The molecule has 3 aromatic rings. The largest absolute Gasteiger partial charge is 0.451 e. The van der Waals surface area contributed by atoms with Crippen LogP contribution < -0.4 is 4.90 Å². The number of fused-ring (bicyclic) bond motifs is 1. The summed E-state index contributed by atoms with van der Waals surface area (Å²) in [7, 11) is 0. The molecule has 1 aliphatic heterocycles. The Morgan fingerprint density at radius 1 is 1.04 bits per heavy atom. The molecule has 6 heteroatoms. The Morgan fingerprint density at radius 2 is 1.87 bits per heavy atom. The number of piperazine rings is 1. The normalized spacial score (nSPS) is 15.1. The first kappa shape index (κ1) is 13.8. The highest BCUT2D eigenvalue weighted by atomic mass is 16.3. The number of furan rings is 1. The molecule has 116 valence electrons. The molecule has 0 spiro atoms. The Bertz CT molecular complexity index is 790. The molecule has 4 rings (SSSR count). The van der Waals surface area contributed by atoms with Crippen molar-refractivity contribution in [2.45, 2.75) is 0 Å². The van der Waals surface area contributed by atoms with E-state index in [1.54, 1.807) is 6.20 Å². The van der Waals surface area contributed by atoms with E-state index < -0.39 is 0 Å². The van der Waals surface area contributed by atoms with Gasteiger partial charge in [0.05, 0.1) is 0 Å². The third-order valence-corrected chi connectivity index (χ3v) is 4.09. The van der Waals surface area contributed by atoms with Crippen LogP contribution in [0.25, 0.3) is 11.0 Å². The maximum absolute atomic E-state index is 12.6. The zero-order valence-electron chi connectivity index (χ0n) is 12.6. The van der Waals surface area contributed by atoms with Crippen LogP contribution in [0.3, 0.4) is 0 Å². The summed E-state index contributed by atoms with van der Waals surface area (Å²) in [6.45, 7) is 2.77. The van der Waals surface area contributed by atoms with Crippen molar-refractivity contribution in [1.82, 2.24) is 15.1 Å². The Labute approximate surface area is 133 Å². The fraction of sp³-hybridized carbons (Fsp3) is 0.235. The lowest BCUT2D eigenvalue weighted by Gasteiger charge is -2.34. The van der Waals surface area contributed by atoms with Crippen molar-refractivity contribution in [1.29, 1.82) is 0 Å². The summed E-state index contributed by atoms with van der Waals surface area (Å²) in [6, 6.07) is 13.3. The molecule has 0 aliphatic carbocycles. The third-order valence-electron chi connectivity index (χ3n) is 4.09. The minimum absolute atomic E-state index is 0.0556. The number of aromatic nitrogens is 2. The first-order chi connectivity index (χ1) is 11.3. The lowest BCUT2D eigenvalue weighted by atomic mass is 10.2. The monoisotopic (exact) mass is 308 g/mol. The maximum atomic E-state index is 12.6. The minimum Gasteiger partial charge on any atom is -0.451 e. The van der Waals surface area contributed by atoms with Crippen LogP contribution in [0.5, 0.6) is 0 Å². The zero-order chi connectivity index (χ0) is 15.6. The number of rotatable bonds is 2. The highest BCUT2D eigenvalue weighted by Crippen LogP contribution is 2.21. The topological polar surface area (TPSA) is 62.5 Å². The van der Waals surface area contributed by atoms with E-state index in [0.29, 0.717) is 18.8 Å². The summed E-state index contributed by atoms with van der Waals surface area (Å²) in [5, 5.41) is 8.96. The number of hydrogen-bond acceptors (Lipinski definition) is 5. The van der Waals surface area contributed by atoms with Gasteiger partial charge >= 0.3 is 0 Å². The molecule has 0 unspecified atom stereocenters. The molecule has 1 aliphatic rings. The summed E-state index contributed by atoms with van der Waals surface area (Å²) in [5.41, 5.74) is 0.744. The van der Waals surface area contributed by atoms with Crippen molar-refractivity contribution in [2.24, 2.45) is 0 Å². The molecule has 3 heterocycles. The van der Waals surface area contributed by atoms with E-state index in [9.17, 15) is 4.79 Å². The lowest BCUT2D eigenvalue weighted by Crippen LogP contribution is -2.49. The van der Waals surface area contributed by atoms with Gasteiger partial charge in [-0.15, -0.1) is 5.10 Å². The first-order valence-corrected chi connectivity index (χ1v) is 7.62. The van der Waals surface area contributed by atoms with E-state index in [2.05, 4.69) is 15.1 Å². The summed E-state index contributed by atoms with van der Waals surface area (Å²) in [5.74, 6) is 1.20. The third kappa shape index (κ3) is 2.63. The molecule has 1 amide bonds. The van der Waals surface area contributed by atoms with Gasteiger partial charge in [-0.1, -0.05) is 18.2 Å². The Balaban J connectivity index is 1.46. The van der Waals surface area contributed by atoms with Gasteiger partial charge in [0.2, 0.25) is 0 Å². The quantitative estimate of drug-likeness (QED) is 0.726. The average molecular weight is 308 g/mol. The van der Waals surface area contributed by atoms with Crippen molar-refractivity contribution in [3.05, 3.63) is 54.4 Å². The highest BCUT2D eigenvalue weighted by molar-refractivity contribution is 5.96. The molecule has 0 atom stereocenters. The van der Waals surface area contributed by atoms with Crippen LogP contribution in [0.2, 0.25) is 0 Å². The smallest absolute Gasteiger partial charge is 0.289 e. The van der Waals surface area contributed by atoms with E-state index >= 15 is 0 Å². The summed E-state index contributed by atoms with van der Waals surface area (Å²) in [6.07, 6.45) is 1.66. The molecular formula is C17H16N4O2. The zero-order valence-corrected chi connectivity index (χ0v) is 12.6. The van der Waals surface area contributed by atoms with E-state index in [1.807, 2.05) is 47.4 Å². The van der Waals surface area contributed by atoms with Gasteiger partial charge in [-0.05, 0) is 24.3 Å². The molecule has 1 fully saturated rings. The molecule has 6 nitrogen and oxygen atoms in total. The van der Waals surface area contributed by atoms with Crippen LogP contribution in [0.4, 0.5) is 5.82 Å². The number of hydrogen-bond donors (Lipinski definition) is 0. The van der Waals surface area contributed by atoms with Crippen LogP contribution >= 0.6 is 0 Å². The van der Waals surface area contributed by atoms with Crippen LogP contribution in [-0.2, 0) is 0 Å². The van der Waals surface area contributed by atoms with Crippen molar-refractivity contribution in [3.8, 4) is 0 Å². The molecule has 1 saturated heterocycles. The molecule has 0 bridgehead atoms. The predicted octanol–water partition coefficient (Wildman–Crippen LogP) is 2.19. The van der Waals surface area contributed by atoms with E-state index in [1.165, 1.54) is 0 Å². The molecule has 0 radical (unpaired) electrons. The summed E-state index contributed by atoms with van der Waals surface area (Å²) >= 11 is 0. The highest BCUT2D eigenvalue weighted by Gasteiger charge is 2.25. The standard InChI is InChI=1S/C17H16N4O2/c22-17(15-12-13-4-1-2-5-14(13)23-15)21-10-8-20(9-11-21)16-6-3-7-18-19-16/h1-7,12H,8-11H2. The number of amides is 1. The second kappa shape index (κ2) is 5.72.